The van der Waals surface area contributed by atoms with Crippen LogP contribution in [0.2, 0.25) is 0 Å². The molecule has 0 atom stereocenters. The van der Waals surface area contributed by atoms with E-state index in [4.69, 9.17) is 0 Å². The quantitative estimate of drug-likeness (QED) is 0.153. The Morgan fingerprint density at radius 1 is 0.750 bits per heavy atom. The number of halogens is 2. The molecule has 0 aliphatic carbocycles. The van der Waals surface area contributed by atoms with Crippen LogP contribution in [-0.4, -0.2) is 33.0 Å². The van der Waals surface area contributed by atoms with Crippen LogP contribution in [0.1, 0.15) is 20.7 Å². The van der Waals surface area contributed by atoms with Crippen molar-refractivity contribution < 1.29 is 9.59 Å². The molecule has 0 spiro atoms. The second-order valence-electron chi connectivity index (χ2n) is 5.61. The van der Waals surface area contributed by atoms with Crippen LogP contribution in [0.25, 0.3) is 0 Å². The van der Waals surface area contributed by atoms with Crippen molar-refractivity contribution in [3.63, 3.8) is 0 Å². The summed E-state index contributed by atoms with van der Waals surface area (Å²) in [5.74, 6) is 0.606. The Balaban J connectivity index is 1.54. The minimum Gasteiger partial charge on any atom is -0.293 e. The van der Waals surface area contributed by atoms with E-state index in [2.05, 4.69) is 41.8 Å². The van der Waals surface area contributed by atoms with E-state index in [0.717, 1.165) is 8.95 Å². The molecule has 0 saturated carbocycles. The SMILES string of the molecule is O=C(CSc1ccnc(SCC(=O)c2ccc(Br)cc2)n1)c1ccc(Br)cc1. The van der Waals surface area contributed by atoms with Crippen molar-refractivity contribution in [2.45, 2.75) is 10.2 Å². The summed E-state index contributed by atoms with van der Waals surface area (Å²) in [4.78, 5) is 33.2. The summed E-state index contributed by atoms with van der Waals surface area (Å²) >= 11 is 9.36. The standard InChI is InChI=1S/C20H14Br2N2O2S2/c21-15-5-1-13(2-6-15)17(25)11-27-19-9-10-23-20(24-19)28-12-18(26)14-3-7-16(22)8-4-14/h1-10H,11-12H2. The molecule has 28 heavy (non-hydrogen) atoms. The van der Waals surface area contributed by atoms with Gasteiger partial charge in [0.25, 0.3) is 0 Å². The summed E-state index contributed by atoms with van der Waals surface area (Å²) in [6.45, 7) is 0. The molecule has 0 aliphatic heterocycles. The van der Waals surface area contributed by atoms with E-state index in [0.29, 0.717) is 27.1 Å². The highest BCUT2D eigenvalue weighted by Crippen LogP contribution is 2.22. The number of nitrogens with zero attached hydrogens (tertiary/aromatic N) is 2. The number of carbonyl (C=O) groups excluding carboxylic acids is 2. The highest BCUT2D eigenvalue weighted by atomic mass is 79.9. The number of thioether (sulfide) groups is 2. The number of aromatic nitrogens is 2. The van der Waals surface area contributed by atoms with E-state index >= 15 is 0 Å². The summed E-state index contributed by atoms with van der Waals surface area (Å²) in [6, 6.07) is 16.3. The zero-order chi connectivity index (χ0) is 19.9. The van der Waals surface area contributed by atoms with Gasteiger partial charge in [0.2, 0.25) is 0 Å². The van der Waals surface area contributed by atoms with Gasteiger partial charge in [0, 0.05) is 26.3 Å². The molecule has 142 valence electrons. The fourth-order valence-electron chi connectivity index (χ4n) is 2.18. The maximum atomic E-state index is 12.3. The van der Waals surface area contributed by atoms with Gasteiger partial charge in [0.1, 0.15) is 5.03 Å². The third-order valence-corrected chi connectivity index (χ3v) is 6.47. The van der Waals surface area contributed by atoms with E-state index in [1.54, 1.807) is 36.5 Å². The normalized spacial score (nSPS) is 10.6. The van der Waals surface area contributed by atoms with E-state index in [1.807, 2.05) is 24.3 Å². The largest absolute Gasteiger partial charge is 0.293 e. The zero-order valence-corrected chi connectivity index (χ0v) is 19.3. The molecule has 1 heterocycles. The number of hydrogen-bond acceptors (Lipinski definition) is 6. The summed E-state index contributed by atoms with van der Waals surface area (Å²) in [7, 11) is 0. The van der Waals surface area contributed by atoms with Crippen LogP contribution in [-0.2, 0) is 0 Å². The number of hydrogen-bond donors (Lipinski definition) is 0. The van der Waals surface area contributed by atoms with Crippen LogP contribution < -0.4 is 0 Å². The Hall–Kier alpha value is -1.48. The van der Waals surface area contributed by atoms with Crippen molar-refractivity contribution in [2.24, 2.45) is 0 Å². The minimum absolute atomic E-state index is 0.0181. The molecule has 0 unspecified atom stereocenters. The first-order chi connectivity index (χ1) is 13.5. The van der Waals surface area contributed by atoms with Crippen LogP contribution in [0.15, 0.2) is 79.9 Å². The lowest BCUT2D eigenvalue weighted by Crippen LogP contribution is -2.04. The number of carbonyl (C=O) groups is 2. The predicted molar refractivity (Wildman–Crippen MR) is 120 cm³/mol. The summed E-state index contributed by atoms with van der Waals surface area (Å²) < 4.78 is 1.87. The van der Waals surface area contributed by atoms with Crippen molar-refractivity contribution in [1.82, 2.24) is 9.97 Å². The molecular formula is C20H14Br2N2O2S2. The van der Waals surface area contributed by atoms with Gasteiger partial charge in [-0.25, -0.2) is 9.97 Å². The lowest BCUT2D eigenvalue weighted by Gasteiger charge is -2.04. The Bertz CT molecular complexity index is 904. The summed E-state index contributed by atoms with van der Waals surface area (Å²) in [5, 5.41) is 1.23. The third kappa shape index (κ3) is 6.27. The molecule has 2 aromatic carbocycles. The summed E-state index contributed by atoms with van der Waals surface area (Å²) in [5.41, 5.74) is 1.32. The van der Waals surface area contributed by atoms with Crippen LogP contribution in [0.5, 0.6) is 0 Å². The first kappa shape index (κ1) is 21.2. The average molecular weight is 538 g/mol. The van der Waals surface area contributed by atoms with Crippen molar-refractivity contribution >= 4 is 67.0 Å². The van der Waals surface area contributed by atoms with Gasteiger partial charge in [-0.2, -0.15) is 0 Å². The minimum atomic E-state index is 0.0181. The molecule has 1 aromatic heterocycles. The predicted octanol–water partition coefficient (Wildman–Crippen LogP) is 5.95. The topological polar surface area (TPSA) is 59.9 Å². The molecule has 4 nitrogen and oxygen atoms in total. The summed E-state index contributed by atoms with van der Waals surface area (Å²) in [6.07, 6.45) is 1.64. The molecule has 3 aromatic rings. The lowest BCUT2D eigenvalue weighted by molar-refractivity contribution is 0.101. The molecule has 3 rings (SSSR count). The van der Waals surface area contributed by atoms with Gasteiger partial charge in [-0.05, 0) is 30.3 Å². The molecule has 0 fully saturated rings. The molecule has 0 saturated heterocycles. The molecule has 0 N–H and O–H groups in total. The van der Waals surface area contributed by atoms with Crippen molar-refractivity contribution in [1.29, 1.82) is 0 Å². The fourth-order valence-corrected chi connectivity index (χ4v) is 4.25. The molecule has 8 heteroatoms. The second-order valence-corrected chi connectivity index (χ2v) is 9.38. The Kier molecular flexibility index (Phi) is 7.84. The molecule has 0 amide bonds. The van der Waals surface area contributed by atoms with Gasteiger partial charge >= 0.3 is 0 Å². The molecular weight excluding hydrogens is 524 g/mol. The molecule has 0 aliphatic rings. The number of Topliss-reactive ketones (excluding diaryl/α,β-unsaturated/α-hetero) is 2. The number of benzene rings is 2. The molecule has 0 radical (unpaired) electrons. The zero-order valence-electron chi connectivity index (χ0n) is 14.5. The van der Waals surface area contributed by atoms with Gasteiger partial charge < -0.3 is 0 Å². The van der Waals surface area contributed by atoms with Crippen molar-refractivity contribution in [3.05, 3.63) is 80.9 Å². The number of ketones is 2. The number of rotatable bonds is 8. The van der Waals surface area contributed by atoms with Gasteiger partial charge in [-0.15, -0.1) is 0 Å². The van der Waals surface area contributed by atoms with Crippen LogP contribution in [0, 0.1) is 0 Å². The van der Waals surface area contributed by atoms with Gasteiger partial charge in [-0.3, -0.25) is 9.59 Å². The van der Waals surface area contributed by atoms with Crippen LogP contribution in [0.3, 0.4) is 0 Å². The van der Waals surface area contributed by atoms with Crippen molar-refractivity contribution in [2.75, 3.05) is 11.5 Å². The molecule has 0 bridgehead atoms. The Morgan fingerprint density at radius 2 is 1.25 bits per heavy atom. The maximum Gasteiger partial charge on any atom is 0.189 e. The lowest BCUT2D eigenvalue weighted by atomic mass is 10.2. The van der Waals surface area contributed by atoms with Crippen LogP contribution >= 0.6 is 55.4 Å². The Labute approximate surface area is 188 Å². The first-order valence-corrected chi connectivity index (χ1v) is 11.7. The third-order valence-electron chi connectivity index (χ3n) is 3.62. The van der Waals surface area contributed by atoms with Gasteiger partial charge in [0.15, 0.2) is 16.7 Å². The van der Waals surface area contributed by atoms with Crippen LogP contribution in [0.4, 0.5) is 0 Å². The van der Waals surface area contributed by atoms with E-state index < -0.39 is 0 Å². The van der Waals surface area contributed by atoms with E-state index in [9.17, 15) is 9.59 Å². The van der Waals surface area contributed by atoms with Gasteiger partial charge in [-0.1, -0.05) is 79.6 Å². The van der Waals surface area contributed by atoms with E-state index in [1.165, 1.54) is 23.5 Å². The maximum absolute atomic E-state index is 12.3. The second kappa shape index (κ2) is 10.3. The fraction of sp³-hybridized carbons (Fsp3) is 0.100. The first-order valence-electron chi connectivity index (χ1n) is 8.17. The average Bonchev–Trinajstić information content (AvgIpc) is 2.71. The van der Waals surface area contributed by atoms with Crippen molar-refractivity contribution in [3.8, 4) is 0 Å². The smallest absolute Gasteiger partial charge is 0.189 e. The van der Waals surface area contributed by atoms with E-state index in [-0.39, 0.29) is 17.3 Å². The highest BCUT2D eigenvalue weighted by molar-refractivity contribution is 9.10. The highest BCUT2D eigenvalue weighted by Gasteiger charge is 2.10. The Morgan fingerprint density at radius 3 is 1.79 bits per heavy atom. The van der Waals surface area contributed by atoms with Gasteiger partial charge in [0.05, 0.1) is 11.5 Å². The monoisotopic (exact) mass is 536 g/mol.